The van der Waals surface area contributed by atoms with E-state index in [1.54, 1.807) is 0 Å². The number of aliphatic hydroxyl groups excluding tert-OH is 1. The minimum absolute atomic E-state index is 0.0139. The number of carbonyl (C=O) groups is 4. The van der Waals surface area contributed by atoms with Gasteiger partial charge in [-0.1, -0.05) is 54.0 Å². The molecule has 5 fully saturated rings. The first-order chi connectivity index (χ1) is 23.8. The number of nitrogens with one attached hydrogen (secondary N) is 1. The number of alkyl carbamates (subject to hydrolysis) is 1. The Morgan fingerprint density at radius 1 is 0.961 bits per heavy atom. The molecule has 8 nitrogen and oxygen atoms in total. The zero-order chi connectivity index (χ0) is 37.9. The molecule has 1 amide bonds. The number of hydrogen-bond donors (Lipinski definition) is 2. The number of ketones is 1. The SMILES string of the molecule is CC(C)C1=C2C3CCC4C(C)(CCC5C(C)(C)C(OC(=O)C6CC(C=O)C6C)CCC54C)C3CCC2(CCNC(=O)OC(C)(C)C)CC1=O.CO. The Morgan fingerprint density at radius 3 is 2.24 bits per heavy atom. The number of carbonyl (C=O) groups excluding carboxylic acids is 4. The molecule has 0 bridgehead atoms. The van der Waals surface area contributed by atoms with Crippen molar-refractivity contribution in [2.24, 2.45) is 69.0 Å². The lowest BCUT2D eigenvalue weighted by Crippen LogP contribution is -2.63. The first kappa shape index (κ1) is 40.0. The van der Waals surface area contributed by atoms with Crippen molar-refractivity contribution in [2.45, 2.75) is 152 Å². The van der Waals surface area contributed by atoms with E-state index >= 15 is 0 Å². The van der Waals surface area contributed by atoms with Gasteiger partial charge >= 0.3 is 12.1 Å². The number of rotatable bonds is 7. The second kappa shape index (κ2) is 14.2. The summed E-state index contributed by atoms with van der Waals surface area (Å²) in [7, 11) is 1.00. The third-order valence-electron chi connectivity index (χ3n) is 15.5. The molecule has 0 saturated heterocycles. The van der Waals surface area contributed by atoms with Crippen LogP contribution in [0.1, 0.15) is 140 Å². The Kier molecular flexibility index (Phi) is 11.1. The van der Waals surface area contributed by atoms with Crippen LogP contribution in [0.25, 0.3) is 0 Å². The zero-order valence-corrected chi connectivity index (χ0v) is 33.7. The van der Waals surface area contributed by atoms with Gasteiger partial charge in [-0.05, 0) is 137 Å². The van der Waals surface area contributed by atoms with E-state index in [1.165, 1.54) is 18.4 Å². The molecule has 6 rings (SSSR count). The highest BCUT2D eigenvalue weighted by molar-refractivity contribution is 6.00. The van der Waals surface area contributed by atoms with Gasteiger partial charge in [0.05, 0.1) is 5.92 Å². The summed E-state index contributed by atoms with van der Waals surface area (Å²) in [6, 6.07) is 0. The molecule has 0 heterocycles. The van der Waals surface area contributed by atoms with E-state index < -0.39 is 5.60 Å². The number of fused-ring (bicyclic) bond motifs is 7. The molecule has 51 heavy (non-hydrogen) atoms. The fourth-order valence-electron chi connectivity index (χ4n) is 13.2. The fourth-order valence-corrected chi connectivity index (χ4v) is 13.2. The number of amides is 1. The molecule has 6 aliphatic carbocycles. The average Bonchev–Trinajstić information content (AvgIpc) is 3.34. The molecule has 2 N–H and O–H groups in total. The van der Waals surface area contributed by atoms with Crippen molar-refractivity contribution in [1.29, 1.82) is 0 Å². The number of ether oxygens (including phenoxy) is 2. The molecule has 0 aromatic rings. The van der Waals surface area contributed by atoms with E-state index in [0.29, 0.717) is 48.8 Å². The smallest absolute Gasteiger partial charge is 0.407 e. The summed E-state index contributed by atoms with van der Waals surface area (Å²) in [6.07, 6.45) is 11.3. The van der Waals surface area contributed by atoms with Crippen LogP contribution in [0.2, 0.25) is 0 Å². The molecule has 0 aromatic carbocycles. The maximum absolute atomic E-state index is 13.8. The second-order valence-corrected chi connectivity index (χ2v) is 19.8. The van der Waals surface area contributed by atoms with Crippen molar-refractivity contribution >= 4 is 24.1 Å². The highest BCUT2D eigenvalue weighted by Gasteiger charge is 2.66. The molecular weight excluding hydrogens is 642 g/mol. The lowest BCUT2D eigenvalue weighted by Gasteiger charge is -2.69. The van der Waals surface area contributed by atoms with Crippen LogP contribution in [-0.4, -0.2) is 54.6 Å². The summed E-state index contributed by atoms with van der Waals surface area (Å²) < 4.78 is 11.9. The number of aliphatic hydroxyl groups is 1. The van der Waals surface area contributed by atoms with Crippen LogP contribution >= 0.6 is 0 Å². The summed E-state index contributed by atoms with van der Waals surface area (Å²) in [6.45, 7) is 22.4. The normalized spacial score (nSPS) is 41.1. The monoisotopic (exact) mass is 712 g/mol. The highest BCUT2D eigenvalue weighted by atomic mass is 16.6. The molecule has 0 aliphatic heterocycles. The maximum atomic E-state index is 13.8. The van der Waals surface area contributed by atoms with E-state index in [0.717, 1.165) is 63.9 Å². The quantitative estimate of drug-likeness (QED) is 0.201. The third-order valence-corrected chi connectivity index (χ3v) is 15.5. The van der Waals surface area contributed by atoms with E-state index in [9.17, 15) is 19.2 Å². The summed E-state index contributed by atoms with van der Waals surface area (Å²) in [5, 5.41) is 10.0. The van der Waals surface area contributed by atoms with Crippen molar-refractivity contribution in [3.63, 3.8) is 0 Å². The average molecular weight is 712 g/mol. The molecule has 8 heteroatoms. The molecule has 11 unspecified atom stereocenters. The van der Waals surface area contributed by atoms with Crippen LogP contribution in [0.5, 0.6) is 0 Å². The van der Waals surface area contributed by atoms with E-state index in [1.807, 2.05) is 27.7 Å². The van der Waals surface area contributed by atoms with Gasteiger partial charge < -0.3 is 24.7 Å². The minimum Gasteiger partial charge on any atom is -0.462 e. The van der Waals surface area contributed by atoms with Crippen molar-refractivity contribution in [2.75, 3.05) is 13.7 Å². The second-order valence-electron chi connectivity index (χ2n) is 19.8. The zero-order valence-electron chi connectivity index (χ0n) is 33.7. The van der Waals surface area contributed by atoms with Gasteiger partial charge in [0.2, 0.25) is 0 Å². The van der Waals surface area contributed by atoms with Crippen LogP contribution in [0.3, 0.4) is 0 Å². The largest absolute Gasteiger partial charge is 0.462 e. The molecule has 0 aromatic heterocycles. The summed E-state index contributed by atoms with van der Waals surface area (Å²) >= 11 is 0. The molecule has 11 atom stereocenters. The van der Waals surface area contributed by atoms with E-state index in [2.05, 4.69) is 46.9 Å². The molecule has 0 radical (unpaired) electrons. The first-order valence-corrected chi connectivity index (χ1v) is 20.1. The maximum Gasteiger partial charge on any atom is 0.407 e. The van der Waals surface area contributed by atoms with Crippen LogP contribution in [-0.2, 0) is 23.9 Å². The Morgan fingerprint density at radius 2 is 1.63 bits per heavy atom. The Labute approximate surface area is 308 Å². The summed E-state index contributed by atoms with van der Waals surface area (Å²) in [5.74, 6) is 2.39. The molecule has 0 spiro atoms. The van der Waals surface area contributed by atoms with Crippen molar-refractivity contribution < 1.29 is 33.8 Å². The van der Waals surface area contributed by atoms with E-state index in [4.69, 9.17) is 14.6 Å². The predicted molar refractivity (Wildman–Crippen MR) is 199 cm³/mol. The van der Waals surface area contributed by atoms with Crippen LogP contribution in [0.4, 0.5) is 4.79 Å². The standard InChI is InChI=1S/C42H65NO6.CH4O/c1-24(2)34-30(45)22-42(19-20-43-37(47)49-38(4,5)6)18-13-29-27(35(34)42)11-12-32-40(29,9)16-14-31-39(7,8)33(15-17-41(31,32)10)48-36(46)28-21-26(23-44)25(28)3;1-2/h23-29,31-33H,11-22H2,1-10H3,(H,43,47);2H,1H3. The van der Waals surface area contributed by atoms with Gasteiger partial charge in [-0.2, -0.15) is 0 Å². The Bertz CT molecular complexity index is 1390. The summed E-state index contributed by atoms with van der Waals surface area (Å²) in [4.78, 5) is 51.0. The lowest BCUT2D eigenvalue weighted by molar-refractivity contribution is -0.217. The molecule has 6 aliphatic rings. The number of esters is 1. The predicted octanol–water partition coefficient (Wildman–Crippen LogP) is 8.48. The van der Waals surface area contributed by atoms with Gasteiger partial charge in [0, 0.05) is 36.8 Å². The van der Waals surface area contributed by atoms with Gasteiger partial charge in [0.1, 0.15) is 18.0 Å². The van der Waals surface area contributed by atoms with Gasteiger partial charge in [-0.15, -0.1) is 0 Å². The fraction of sp³-hybridized carbons (Fsp3) is 0.860. The van der Waals surface area contributed by atoms with Crippen LogP contribution < -0.4 is 5.32 Å². The third kappa shape index (κ3) is 6.75. The Balaban J connectivity index is 0.00000248. The molecule has 5 saturated carbocycles. The highest BCUT2D eigenvalue weighted by Crippen LogP contribution is 2.73. The van der Waals surface area contributed by atoms with Crippen LogP contribution in [0.15, 0.2) is 11.1 Å². The minimum atomic E-state index is -0.543. The van der Waals surface area contributed by atoms with Gasteiger partial charge in [-0.25, -0.2) is 4.79 Å². The summed E-state index contributed by atoms with van der Waals surface area (Å²) in [5.41, 5.74) is 2.09. The van der Waals surface area contributed by atoms with Crippen molar-refractivity contribution in [3.05, 3.63) is 11.1 Å². The van der Waals surface area contributed by atoms with E-state index in [-0.39, 0.29) is 63.5 Å². The first-order valence-electron chi connectivity index (χ1n) is 20.1. The molecule has 288 valence electrons. The van der Waals surface area contributed by atoms with Gasteiger partial charge in [-0.3, -0.25) is 9.59 Å². The topological polar surface area (TPSA) is 119 Å². The van der Waals surface area contributed by atoms with Crippen molar-refractivity contribution in [1.82, 2.24) is 5.32 Å². The van der Waals surface area contributed by atoms with Crippen molar-refractivity contribution in [3.8, 4) is 0 Å². The Hall–Kier alpha value is -2.22. The number of hydrogen-bond acceptors (Lipinski definition) is 7. The number of Topliss-reactive ketones (excluding diaryl/α,β-unsaturated/α-hetero) is 1. The van der Waals surface area contributed by atoms with Gasteiger partial charge in [0.15, 0.2) is 5.78 Å². The molecular formula is C43H69NO7. The number of aldehydes is 1. The van der Waals surface area contributed by atoms with Crippen LogP contribution in [0, 0.1) is 69.0 Å². The number of allylic oxidation sites excluding steroid dienone is 2. The lowest BCUT2D eigenvalue weighted by atomic mass is 9.36. The van der Waals surface area contributed by atoms with Gasteiger partial charge in [0.25, 0.3) is 0 Å².